The van der Waals surface area contributed by atoms with Gasteiger partial charge < -0.3 is 15.7 Å². The number of amides is 2. The average molecular weight is 542 g/mol. The standard InChI is InChI=1S/C30H28ClN5O3/c31-23-9-5-20(6-10-23)19-35-13-15-36(16-14-35)30(39)26-11-7-22(24-3-1-2-4-25(24)26)18-33-34-29(38)21-8-12-28(37)27(32)17-21/h1-12,17-18,37H,13-16,19,32H2,(H,34,38)/b33-18+. The molecule has 0 aliphatic carbocycles. The van der Waals surface area contributed by atoms with Crippen molar-refractivity contribution in [1.82, 2.24) is 15.2 Å². The second-order valence-corrected chi connectivity index (χ2v) is 9.85. The van der Waals surface area contributed by atoms with E-state index in [0.29, 0.717) is 18.7 Å². The Morgan fingerprint density at radius 2 is 1.67 bits per heavy atom. The van der Waals surface area contributed by atoms with Gasteiger partial charge in [0, 0.05) is 54.4 Å². The van der Waals surface area contributed by atoms with Gasteiger partial charge in [0.15, 0.2) is 0 Å². The number of benzene rings is 4. The van der Waals surface area contributed by atoms with Crippen LogP contribution in [0.3, 0.4) is 0 Å². The molecule has 198 valence electrons. The van der Waals surface area contributed by atoms with Crippen molar-refractivity contribution >= 4 is 46.1 Å². The monoisotopic (exact) mass is 541 g/mol. The Bertz CT molecular complexity index is 1550. The van der Waals surface area contributed by atoms with E-state index in [2.05, 4.69) is 15.4 Å². The molecule has 1 saturated heterocycles. The molecular formula is C30H28ClN5O3. The summed E-state index contributed by atoms with van der Waals surface area (Å²) in [6.07, 6.45) is 1.55. The Morgan fingerprint density at radius 1 is 0.949 bits per heavy atom. The summed E-state index contributed by atoms with van der Waals surface area (Å²) in [6.45, 7) is 3.72. The van der Waals surface area contributed by atoms with Crippen LogP contribution in [0.25, 0.3) is 10.8 Å². The molecule has 4 aromatic rings. The Morgan fingerprint density at radius 3 is 2.38 bits per heavy atom. The van der Waals surface area contributed by atoms with Gasteiger partial charge in [0.25, 0.3) is 11.8 Å². The van der Waals surface area contributed by atoms with Crippen LogP contribution in [0.5, 0.6) is 5.75 Å². The van der Waals surface area contributed by atoms with Crippen LogP contribution in [0.15, 0.2) is 84.0 Å². The highest BCUT2D eigenvalue weighted by atomic mass is 35.5. The van der Waals surface area contributed by atoms with Crippen molar-refractivity contribution in [1.29, 1.82) is 0 Å². The summed E-state index contributed by atoms with van der Waals surface area (Å²) >= 11 is 6.00. The second-order valence-electron chi connectivity index (χ2n) is 9.42. The van der Waals surface area contributed by atoms with E-state index < -0.39 is 5.91 Å². The summed E-state index contributed by atoms with van der Waals surface area (Å²) in [5.41, 5.74) is 11.1. The van der Waals surface area contributed by atoms with E-state index in [4.69, 9.17) is 17.3 Å². The van der Waals surface area contributed by atoms with Crippen molar-refractivity contribution in [2.45, 2.75) is 6.54 Å². The molecule has 2 amide bonds. The van der Waals surface area contributed by atoms with Gasteiger partial charge >= 0.3 is 0 Å². The molecule has 0 radical (unpaired) electrons. The fourth-order valence-electron chi connectivity index (χ4n) is 4.67. The van der Waals surface area contributed by atoms with Crippen LogP contribution in [-0.2, 0) is 6.54 Å². The van der Waals surface area contributed by atoms with E-state index >= 15 is 0 Å². The smallest absolute Gasteiger partial charge is 0.271 e. The van der Waals surface area contributed by atoms with Gasteiger partial charge in [-0.1, -0.05) is 54.1 Å². The number of carbonyl (C=O) groups excluding carboxylic acids is 2. The van der Waals surface area contributed by atoms with Gasteiger partial charge in [-0.05, 0) is 52.7 Å². The lowest BCUT2D eigenvalue weighted by Gasteiger charge is -2.35. The van der Waals surface area contributed by atoms with Crippen molar-refractivity contribution in [3.8, 4) is 5.75 Å². The van der Waals surface area contributed by atoms with Gasteiger partial charge in [-0.2, -0.15) is 5.10 Å². The van der Waals surface area contributed by atoms with Gasteiger partial charge in [0.05, 0.1) is 11.9 Å². The number of halogens is 1. The number of hydrogen-bond acceptors (Lipinski definition) is 6. The SMILES string of the molecule is Nc1cc(C(=O)N/N=C/c2ccc(C(=O)N3CCN(Cc4ccc(Cl)cc4)CC3)c3ccccc23)ccc1O. The summed E-state index contributed by atoms with van der Waals surface area (Å²) in [5.74, 6) is -0.542. The minimum absolute atomic E-state index is 0.000876. The number of phenols is 1. The van der Waals surface area contributed by atoms with Crippen LogP contribution >= 0.6 is 11.6 Å². The third-order valence-corrected chi connectivity index (χ3v) is 7.08. The third kappa shape index (κ3) is 6.03. The predicted molar refractivity (Wildman–Crippen MR) is 154 cm³/mol. The number of carbonyl (C=O) groups is 2. The van der Waals surface area contributed by atoms with E-state index in [-0.39, 0.29) is 22.9 Å². The number of nitrogens with two attached hydrogens (primary N) is 1. The van der Waals surface area contributed by atoms with Gasteiger partial charge in [-0.25, -0.2) is 5.43 Å². The number of nitrogens with one attached hydrogen (secondary N) is 1. The normalized spacial score (nSPS) is 14.1. The van der Waals surface area contributed by atoms with Crippen LogP contribution < -0.4 is 11.2 Å². The Hall–Kier alpha value is -4.40. The van der Waals surface area contributed by atoms with Gasteiger partial charge in [0.2, 0.25) is 0 Å². The topological polar surface area (TPSA) is 111 Å². The van der Waals surface area contributed by atoms with Crippen LogP contribution in [-0.4, -0.2) is 59.1 Å². The molecule has 0 aromatic heterocycles. The lowest BCUT2D eigenvalue weighted by atomic mass is 9.99. The zero-order valence-electron chi connectivity index (χ0n) is 21.2. The minimum atomic E-state index is -0.454. The molecule has 1 fully saturated rings. The van der Waals surface area contributed by atoms with Crippen LogP contribution in [0.2, 0.25) is 5.02 Å². The molecule has 9 heteroatoms. The predicted octanol–water partition coefficient (Wildman–Crippen LogP) is 4.50. The highest BCUT2D eigenvalue weighted by molar-refractivity contribution is 6.30. The first-order valence-corrected chi connectivity index (χ1v) is 13.0. The van der Waals surface area contributed by atoms with Crippen LogP contribution in [0.1, 0.15) is 31.8 Å². The van der Waals surface area contributed by atoms with E-state index in [1.165, 1.54) is 23.8 Å². The zero-order valence-corrected chi connectivity index (χ0v) is 21.9. The molecular weight excluding hydrogens is 514 g/mol. The molecule has 1 heterocycles. The third-order valence-electron chi connectivity index (χ3n) is 6.83. The number of anilines is 1. The molecule has 5 rings (SSSR count). The van der Waals surface area contributed by atoms with Crippen molar-refractivity contribution < 1.29 is 14.7 Å². The van der Waals surface area contributed by atoms with Crippen LogP contribution in [0, 0.1) is 0 Å². The summed E-state index contributed by atoms with van der Waals surface area (Å²) < 4.78 is 0. The number of hydrogen-bond donors (Lipinski definition) is 3. The summed E-state index contributed by atoms with van der Waals surface area (Å²) in [4.78, 5) is 30.2. The highest BCUT2D eigenvalue weighted by Crippen LogP contribution is 2.24. The van der Waals surface area contributed by atoms with E-state index in [1.807, 2.05) is 65.6 Å². The largest absolute Gasteiger partial charge is 0.506 e. The van der Waals surface area contributed by atoms with Gasteiger partial charge in [-0.15, -0.1) is 0 Å². The number of aromatic hydroxyl groups is 1. The maximum Gasteiger partial charge on any atom is 0.271 e. The minimum Gasteiger partial charge on any atom is -0.506 e. The molecule has 39 heavy (non-hydrogen) atoms. The summed E-state index contributed by atoms with van der Waals surface area (Å²) in [5, 5.41) is 16.1. The van der Waals surface area contributed by atoms with Crippen LogP contribution in [0.4, 0.5) is 5.69 Å². The quantitative estimate of drug-likeness (QED) is 0.144. The lowest BCUT2D eigenvalue weighted by Crippen LogP contribution is -2.48. The summed E-state index contributed by atoms with van der Waals surface area (Å²) in [6, 6.07) is 23.4. The van der Waals surface area contributed by atoms with E-state index in [0.717, 1.165) is 41.0 Å². The fourth-order valence-corrected chi connectivity index (χ4v) is 4.80. The Kier molecular flexibility index (Phi) is 7.76. The van der Waals surface area contributed by atoms with Gasteiger partial charge in [0.1, 0.15) is 5.75 Å². The maximum atomic E-state index is 13.5. The number of rotatable bonds is 6. The molecule has 4 aromatic carbocycles. The maximum absolute atomic E-state index is 13.5. The average Bonchev–Trinajstić information content (AvgIpc) is 2.96. The molecule has 0 unspecified atom stereocenters. The first kappa shape index (κ1) is 26.2. The number of nitrogen functional groups attached to an aromatic ring is 1. The number of piperazine rings is 1. The molecule has 1 aliphatic rings. The van der Waals surface area contributed by atoms with Crippen molar-refractivity contribution in [2.24, 2.45) is 5.10 Å². The molecule has 1 aliphatic heterocycles. The number of phenolic OH excluding ortho intramolecular Hbond substituents is 1. The summed E-state index contributed by atoms with van der Waals surface area (Å²) in [7, 11) is 0. The lowest BCUT2D eigenvalue weighted by molar-refractivity contribution is 0.0630. The fraction of sp³-hybridized carbons (Fsp3) is 0.167. The van der Waals surface area contributed by atoms with Gasteiger partial charge in [-0.3, -0.25) is 14.5 Å². The van der Waals surface area contributed by atoms with Crippen molar-refractivity contribution in [2.75, 3.05) is 31.9 Å². The molecule has 4 N–H and O–H groups in total. The number of hydrazone groups is 1. The number of fused-ring (bicyclic) bond motifs is 1. The molecule has 0 spiro atoms. The molecule has 0 saturated carbocycles. The first-order chi connectivity index (χ1) is 18.9. The van der Waals surface area contributed by atoms with Crippen molar-refractivity contribution in [3.63, 3.8) is 0 Å². The number of nitrogens with zero attached hydrogens (tertiary/aromatic N) is 3. The zero-order chi connectivity index (χ0) is 27.4. The Labute approximate surface area is 231 Å². The van der Waals surface area contributed by atoms with E-state index in [1.54, 1.807) is 6.21 Å². The van der Waals surface area contributed by atoms with E-state index in [9.17, 15) is 14.7 Å². The highest BCUT2D eigenvalue weighted by Gasteiger charge is 2.23. The molecule has 0 bridgehead atoms. The second kappa shape index (κ2) is 11.6. The Balaban J connectivity index is 1.26. The first-order valence-electron chi connectivity index (χ1n) is 12.6. The molecule has 0 atom stereocenters. The van der Waals surface area contributed by atoms with Crippen molar-refractivity contribution in [3.05, 3.63) is 106 Å². The molecule has 8 nitrogen and oxygen atoms in total.